The molecule has 2 N–H and O–H groups in total. The molecule has 2 aromatic rings. The zero-order chi connectivity index (χ0) is 13.7. The molecule has 6 heteroatoms. The molecule has 0 saturated heterocycles. The number of aromatic nitrogens is 2. The average molecular weight is 263 g/mol. The van der Waals surface area contributed by atoms with Gasteiger partial charge in [0.2, 0.25) is 5.89 Å². The molecule has 0 aliphatic rings. The van der Waals surface area contributed by atoms with E-state index in [4.69, 9.17) is 19.6 Å². The molecular weight excluding hydrogens is 246 g/mol. The fraction of sp³-hybridized carbons (Fsp3) is 0.385. The van der Waals surface area contributed by atoms with Crippen LogP contribution in [-0.2, 0) is 13.2 Å². The number of nitrogens with zero attached hydrogens (tertiary/aromatic N) is 2. The molecular formula is C13H17N3O3. The fourth-order valence-corrected chi connectivity index (χ4v) is 1.60. The lowest BCUT2D eigenvalue weighted by Crippen LogP contribution is -2.02. The van der Waals surface area contributed by atoms with Crippen LogP contribution in [0.3, 0.4) is 0 Å². The molecule has 2 rings (SSSR count). The van der Waals surface area contributed by atoms with Crippen LogP contribution in [0.1, 0.15) is 24.3 Å². The lowest BCUT2D eigenvalue weighted by molar-refractivity contribution is 0.240. The Labute approximate surface area is 111 Å². The van der Waals surface area contributed by atoms with Crippen molar-refractivity contribution < 1.29 is 13.9 Å². The molecule has 0 atom stereocenters. The van der Waals surface area contributed by atoms with E-state index in [1.807, 2.05) is 25.1 Å². The summed E-state index contributed by atoms with van der Waals surface area (Å²) in [4.78, 5) is 0. The van der Waals surface area contributed by atoms with Gasteiger partial charge in [0, 0.05) is 13.5 Å². The number of hydrogen-bond acceptors (Lipinski definition) is 6. The first-order valence-electron chi connectivity index (χ1n) is 6.10. The van der Waals surface area contributed by atoms with Gasteiger partial charge in [0.15, 0.2) is 18.1 Å². The van der Waals surface area contributed by atoms with Crippen molar-refractivity contribution in [1.82, 2.24) is 10.2 Å². The fourth-order valence-electron chi connectivity index (χ4n) is 1.60. The highest BCUT2D eigenvalue weighted by Gasteiger charge is 2.09. The van der Waals surface area contributed by atoms with Crippen LogP contribution in [0.5, 0.6) is 11.5 Å². The molecule has 0 fully saturated rings. The van der Waals surface area contributed by atoms with Crippen LogP contribution in [0.4, 0.5) is 0 Å². The van der Waals surface area contributed by atoms with Gasteiger partial charge < -0.3 is 19.6 Å². The summed E-state index contributed by atoms with van der Waals surface area (Å²) in [7, 11) is 0. The van der Waals surface area contributed by atoms with Gasteiger partial charge >= 0.3 is 0 Å². The van der Waals surface area contributed by atoms with E-state index in [2.05, 4.69) is 10.2 Å². The third-order valence-corrected chi connectivity index (χ3v) is 2.46. The highest BCUT2D eigenvalue weighted by Crippen LogP contribution is 2.29. The zero-order valence-electron chi connectivity index (χ0n) is 11.0. The summed E-state index contributed by atoms with van der Waals surface area (Å²) in [6.07, 6.45) is 0. The van der Waals surface area contributed by atoms with E-state index < -0.39 is 0 Å². The smallest absolute Gasteiger partial charge is 0.253 e. The third kappa shape index (κ3) is 3.45. The van der Waals surface area contributed by atoms with E-state index in [-0.39, 0.29) is 6.61 Å². The van der Waals surface area contributed by atoms with E-state index in [0.717, 1.165) is 5.56 Å². The van der Waals surface area contributed by atoms with Crippen molar-refractivity contribution in [2.24, 2.45) is 5.73 Å². The van der Waals surface area contributed by atoms with Crippen molar-refractivity contribution in [2.45, 2.75) is 27.0 Å². The van der Waals surface area contributed by atoms with E-state index >= 15 is 0 Å². The minimum atomic E-state index is 0.211. The van der Waals surface area contributed by atoms with Crippen LogP contribution in [0.25, 0.3) is 0 Å². The van der Waals surface area contributed by atoms with Crippen LogP contribution in [-0.4, -0.2) is 16.8 Å². The van der Waals surface area contributed by atoms with Crippen molar-refractivity contribution in [1.29, 1.82) is 0 Å². The Morgan fingerprint density at radius 2 is 2.05 bits per heavy atom. The van der Waals surface area contributed by atoms with Crippen LogP contribution in [0, 0.1) is 6.92 Å². The molecule has 19 heavy (non-hydrogen) atoms. The predicted molar refractivity (Wildman–Crippen MR) is 68.9 cm³/mol. The third-order valence-electron chi connectivity index (χ3n) is 2.46. The molecule has 102 valence electrons. The number of benzene rings is 1. The molecule has 1 aromatic heterocycles. The maximum Gasteiger partial charge on any atom is 0.253 e. The summed E-state index contributed by atoms with van der Waals surface area (Å²) in [6, 6.07) is 5.60. The quantitative estimate of drug-likeness (QED) is 0.855. The molecule has 0 aliphatic carbocycles. The lowest BCUT2D eigenvalue weighted by Gasteiger charge is -2.11. The van der Waals surface area contributed by atoms with E-state index in [1.165, 1.54) is 0 Å². The molecule has 0 radical (unpaired) electrons. The molecule has 6 nitrogen and oxygen atoms in total. The molecule has 1 aromatic carbocycles. The molecule has 0 bridgehead atoms. The van der Waals surface area contributed by atoms with Crippen LogP contribution in [0.15, 0.2) is 22.6 Å². The summed E-state index contributed by atoms with van der Waals surface area (Å²) < 4.78 is 16.4. The Balaban J connectivity index is 2.10. The highest BCUT2D eigenvalue weighted by atomic mass is 16.5. The van der Waals surface area contributed by atoms with Crippen molar-refractivity contribution in [3.63, 3.8) is 0 Å². The number of rotatable bonds is 6. The average Bonchev–Trinajstić information content (AvgIpc) is 2.83. The van der Waals surface area contributed by atoms with Crippen molar-refractivity contribution in [3.05, 3.63) is 35.5 Å². The second-order valence-electron chi connectivity index (χ2n) is 3.92. The molecule has 0 spiro atoms. The minimum Gasteiger partial charge on any atom is -0.490 e. The van der Waals surface area contributed by atoms with E-state index in [0.29, 0.717) is 36.4 Å². The van der Waals surface area contributed by atoms with Gasteiger partial charge in [-0.15, -0.1) is 10.2 Å². The molecule has 0 unspecified atom stereocenters. The summed E-state index contributed by atoms with van der Waals surface area (Å²) in [5.74, 6) is 2.25. The second-order valence-corrected chi connectivity index (χ2v) is 3.92. The van der Waals surface area contributed by atoms with Gasteiger partial charge in [-0.25, -0.2) is 0 Å². The maximum absolute atomic E-state index is 5.63. The van der Waals surface area contributed by atoms with Crippen molar-refractivity contribution in [3.8, 4) is 11.5 Å². The lowest BCUT2D eigenvalue weighted by atomic mass is 10.2. The van der Waals surface area contributed by atoms with Gasteiger partial charge in [-0.05, 0) is 24.6 Å². The summed E-state index contributed by atoms with van der Waals surface area (Å²) in [6.45, 7) is 4.88. The number of aryl methyl sites for hydroxylation is 1. The summed E-state index contributed by atoms with van der Waals surface area (Å²) in [5, 5.41) is 7.61. The molecule has 0 aliphatic heterocycles. The Hall–Kier alpha value is -2.08. The highest BCUT2D eigenvalue weighted by molar-refractivity contribution is 5.43. The largest absolute Gasteiger partial charge is 0.490 e. The Morgan fingerprint density at radius 3 is 2.68 bits per heavy atom. The van der Waals surface area contributed by atoms with E-state index in [9.17, 15) is 0 Å². The summed E-state index contributed by atoms with van der Waals surface area (Å²) in [5.41, 5.74) is 6.59. The zero-order valence-corrected chi connectivity index (χ0v) is 11.0. The molecule has 0 amide bonds. The van der Waals surface area contributed by atoms with Gasteiger partial charge in [-0.1, -0.05) is 6.07 Å². The SMILES string of the molecule is CCOc1cc(CN)ccc1OCc1nnc(C)o1. The van der Waals surface area contributed by atoms with Gasteiger partial charge in [-0.2, -0.15) is 0 Å². The molecule has 1 heterocycles. The van der Waals surface area contributed by atoms with Crippen molar-refractivity contribution in [2.75, 3.05) is 6.61 Å². The standard InChI is InChI=1S/C13H17N3O3/c1-3-17-12-6-10(7-14)4-5-11(12)18-8-13-16-15-9(2)19-13/h4-6H,3,7-8,14H2,1-2H3. The maximum atomic E-state index is 5.63. The van der Waals surface area contributed by atoms with Gasteiger partial charge in [-0.3, -0.25) is 0 Å². The number of nitrogens with two attached hydrogens (primary N) is 1. The Kier molecular flexibility index (Phi) is 4.35. The van der Waals surface area contributed by atoms with Crippen LogP contribution in [0.2, 0.25) is 0 Å². The first-order valence-corrected chi connectivity index (χ1v) is 6.10. The number of ether oxygens (including phenoxy) is 2. The Morgan fingerprint density at radius 1 is 1.21 bits per heavy atom. The number of hydrogen-bond donors (Lipinski definition) is 1. The topological polar surface area (TPSA) is 83.4 Å². The van der Waals surface area contributed by atoms with Gasteiger partial charge in [0.05, 0.1) is 6.61 Å². The minimum absolute atomic E-state index is 0.211. The predicted octanol–water partition coefficient (Wildman–Crippen LogP) is 1.81. The van der Waals surface area contributed by atoms with Crippen LogP contribution < -0.4 is 15.2 Å². The Bertz CT molecular complexity index is 540. The first kappa shape index (κ1) is 13.4. The summed E-state index contributed by atoms with van der Waals surface area (Å²) >= 11 is 0. The van der Waals surface area contributed by atoms with Gasteiger partial charge in [0.25, 0.3) is 5.89 Å². The van der Waals surface area contributed by atoms with Gasteiger partial charge in [0.1, 0.15) is 0 Å². The van der Waals surface area contributed by atoms with Crippen LogP contribution >= 0.6 is 0 Å². The monoisotopic (exact) mass is 263 g/mol. The van der Waals surface area contributed by atoms with Crippen molar-refractivity contribution >= 4 is 0 Å². The van der Waals surface area contributed by atoms with E-state index in [1.54, 1.807) is 6.92 Å². The second kappa shape index (κ2) is 6.19. The normalized spacial score (nSPS) is 10.5. The first-order chi connectivity index (χ1) is 9.22. The molecule has 0 saturated carbocycles.